The first kappa shape index (κ1) is 19.4. The van der Waals surface area contributed by atoms with Gasteiger partial charge in [0.05, 0.1) is 12.5 Å². The average Bonchev–Trinajstić information content (AvgIpc) is 2.71. The van der Waals surface area contributed by atoms with Crippen molar-refractivity contribution in [1.82, 2.24) is 5.32 Å². The van der Waals surface area contributed by atoms with Crippen LogP contribution in [0, 0.1) is 13.8 Å². The molecule has 3 rings (SSSR count). The van der Waals surface area contributed by atoms with Crippen LogP contribution in [0.2, 0.25) is 0 Å². The van der Waals surface area contributed by atoms with Crippen LogP contribution in [0.15, 0.2) is 78.9 Å². The lowest BCUT2D eigenvalue weighted by atomic mass is 9.90. The van der Waals surface area contributed by atoms with Crippen molar-refractivity contribution in [1.29, 1.82) is 0 Å². The largest absolute Gasteiger partial charge is 0.346 e. The number of aryl methyl sites for hydroxylation is 2. The van der Waals surface area contributed by atoms with E-state index in [2.05, 4.69) is 10.6 Å². The highest BCUT2D eigenvalue weighted by Crippen LogP contribution is 2.24. The third-order valence-electron chi connectivity index (χ3n) is 4.62. The fraction of sp³-hybridized carbons (Fsp3) is 0.167. The maximum atomic E-state index is 12.9. The molecule has 0 spiro atoms. The van der Waals surface area contributed by atoms with E-state index in [4.69, 9.17) is 0 Å². The summed E-state index contributed by atoms with van der Waals surface area (Å²) in [6.45, 7) is 3.83. The van der Waals surface area contributed by atoms with Crippen LogP contribution in [0.3, 0.4) is 0 Å². The quantitative estimate of drug-likeness (QED) is 0.682. The standard InChI is InChI=1S/C24H24N2O2/c1-17-13-14-18(2)21(15-17)26-22(27)16-25-24(28)23(19-9-5-3-6-10-19)20-11-7-4-8-12-20/h3-15,23H,16H2,1-2H3,(H,25,28)(H,26,27). The maximum absolute atomic E-state index is 12.9. The molecule has 2 N–H and O–H groups in total. The molecular weight excluding hydrogens is 348 g/mol. The van der Waals surface area contributed by atoms with E-state index in [1.165, 1.54) is 0 Å². The van der Waals surface area contributed by atoms with E-state index >= 15 is 0 Å². The summed E-state index contributed by atoms with van der Waals surface area (Å²) in [6.07, 6.45) is 0. The highest BCUT2D eigenvalue weighted by atomic mass is 16.2. The van der Waals surface area contributed by atoms with E-state index in [1.54, 1.807) is 0 Å². The third kappa shape index (κ3) is 4.86. The Balaban J connectivity index is 1.70. The van der Waals surface area contributed by atoms with Gasteiger partial charge >= 0.3 is 0 Å². The van der Waals surface area contributed by atoms with Crippen molar-refractivity contribution >= 4 is 17.5 Å². The van der Waals surface area contributed by atoms with Gasteiger partial charge in [0.25, 0.3) is 0 Å². The molecule has 0 aliphatic heterocycles. The zero-order valence-electron chi connectivity index (χ0n) is 16.1. The summed E-state index contributed by atoms with van der Waals surface area (Å²) < 4.78 is 0. The molecule has 0 fully saturated rings. The minimum Gasteiger partial charge on any atom is -0.346 e. The molecule has 0 unspecified atom stereocenters. The summed E-state index contributed by atoms with van der Waals surface area (Å²) in [5, 5.41) is 5.65. The normalized spacial score (nSPS) is 10.5. The average molecular weight is 372 g/mol. The Labute approximate surface area is 165 Å². The number of nitrogens with one attached hydrogen (secondary N) is 2. The molecule has 3 aromatic carbocycles. The van der Waals surface area contributed by atoms with Gasteiger partial charge in [0, 0.05) is 5.69 Å². The van der Waals surface area contributed by atoms with Gasteiger partial charge in [-0.3, -0.25) is 9.59 Å². The van der Waals surface area contributed by atoms with Crippen molar-refractivity contribution < 1.29 is 9.59 Å². The van der Waals surface area contributed by atoms with Gasteiger partial charge < -0.3 is 10.6 Å². The lowest BCUT2D eigenvalue weighted by Crippen LogP contribution is -2.36. The number of carbonyl (C=O) groups is 2. The number of hydrogen-bond acceptors (Lipinski definition) is 2. The van der Waals surface area contributed by atoms with E-state index in [-0.39, 0.29) is 18.4 Å². The molecule has 3 aromatic rings. The molecule has 0 aliphatic carbocycles. The first-order chi connectivity index (χ1) is 13.5. The lowest BCUT2D eigenvalue weighted by molar-refractivity contribution is -0.124. The molecule has 28 heavy (non-hydrogen) atoms. The summed E-state index contributed by atoms with van der Waals surface area (Å²) in [5.74, 6) is -0.911. The molecule has 142 valence electrons. The monoisotopic (exact) mass is 372 g/mol. The number of rotatable bonds is 6. The summed E-state index contributed by atoms with van der Waals surface area (Å²) in [6, 6.07) is 25.0. The fourth-order valence-corrected chi connectivity index (χ4v) is 3.12. The van der Waals surface area contributed by atoms with E-state index in [0.29, 0.717) is 0 Å². The molecule has 0 bridgehead atoms. The molecule has 0 radical (unpaired) electrons. The SMILES string of the molecule is Cc1ccc(C)c(NC(=O)CNC(=O)C(c2ccccc2)c2ccccc2)c1. The van der Waals surface area contributed by atoms with Gasteiger partial charge in [0.2, 0.25) is 11.8 Å². The number of anilines is 1. The number of hydrogen-bond donors (Lipinski definition) is 2. The Morgan fingerprint density at radius 1 is 0.821 bits per heavy atom. The molecule has 0 aromatic heterocycles. The molecule has 4 heteroatoms. The molecule has 0 atom stereocenters. The summed E-state index contributed by atoms with van der Waals surface area (Å²) >= 11 is 0. The first-order valence-corrected chi connectivity index (χ1v) is 9.29. The molecule has 0 heterocycles. The van der Waals surface area contributed by atoms with Crippen molar-refractivity contribution in [2.24, 2.45) is 0 Å². The highest BCUT2D eigenvalue weighted by molar-refractivity contribution is 5.96. The van der Waals surface area contributed by atoms with E-state index < -0.39 is 5.92 Å². The Morgan fingerprint density at radius 2 is 1.39 bits per heavy atom. The molecule has 4 nitrogen and oxygen atoms in total. The van der Waals surface area contributed by atoms with Crippen molar-refractivity contribution in [2.75, 3.05) is 11.9 Å². The van der Waals surface area contributed by atoms with Gasteiger partial charge in [-0.2, -0.15) is 0 Å². The molecule has 0 saturated carbocycles. The highest BCUT2D eigenvalue weighted by Gasteiger charge is 2.22. The van der Waals surface area contributed by atoms with E-state index in [0.717, 1.165) is 27.9 Å². The second-order valence-corrected chi connectivity index (χ2v) is 6.84. The minimum absolute atomic E-state index is 0.0810. The van der Waals surface area contributed by atoms with E-state index in [1.807, 2.05) is 92.7 Å². The van der Waals surface area contributed by atoms with Crippen LogP contribution in [-0.4, -0.2) is 18.4 Å². The second-order valence-electron chi connectivity index (χ2n) is 6.84. The van der Waals surface area contributed by atoms with Crippen molar-refractivity contribution in [3.63, 3.8) is 0 Å². The Kier molecular flexibility index (Phi) is 6.22. The Bertz CT molecular complexity index is 913. The van der Waals surface area contributed by atoms with Gasteiger partial charge in [-0.15, -0.1) is 0 Å². The van der Waals surface area contributed by atoms with Crippen LogP contribution >= 0.6 is 0 Å². The van der Waals surface area contributed by atoms with Crippen LogP contribution in [0.4, 0.5) is 5.69 Å². The van der Waals surface area contributed by atoms with Gasteiger partial charge in [-0.1, -0.05) is 72.8 Å². The van der Waals surface area contributed by atoms with E-state index in [9.17, 15) is 9.59 Å². The van der Waals surface area contributed by atoms with Gasteiger partial charge in [-0.25, -0.2) is 0 Å². The lowest BCUT2D eigenvalue weighted by Gasteiger charge is -2.18. The zero-order chi connectivity index (χ0) is 19.9. The van der Waals surface area contributed by atoms with Gasteiger partial charge in [0.15, 0.2) is 0 Å². The summed E-state index contributed by atoms with van der Waals surface area (Å²) in [5.41, 5.74) is 4.60. The van der Waals surface area contributed by atoms with Crippen LogP contribution in [0.25, 0.3) is 0 Å². The van der Waals surface area contributed by atoms with Crippen LogP contribution < -0.4 is 10.6 Å². The van der Waals surface area contributed by atoms with Gasteiger partial charge in [-0.05, 0) is 42.2 Å². The first-order valence-electron chi connectivity index (χ1n) is 9.29. The number of benzene rings is 3. The number of amides is 2. The topological polar surface area (TPSA) is 58.2 Å². The van der Waals surface area contributed by atoms with Crippen LogP contribution in [0.5, 0.6) is 0 Å². The third-order valence-corrected chi connectivity index (χ3v) is 4.62. The maximum Gasteiger partial charge on any atom is 0.243 e. The number of carbonyl (C=O) groups excluding carboxylic acids is 2. The zero-order valence-corrected chi connectivity index (χ0v) is 16.1. The van der Waals surface area contributed by atoms with Crippen LogP contribution in [-0.2, 0) is 9.59 Å². The predicted molar refractivity (Wildman–Crippen MR) is 112 cm³/mol. The summed E-state index contributed by atoms with van der Waals surface area (Å²) in [7, 11) is 0. The molecular formula is C24H24N2O2. The molecule has 0 saturated heterocycles. The molecule has 2 amide bonds. The smallest absolute Gasteiger partial charge is 0.243 e. The van der Waals surface area contributed by atoms with Crippen LogP contribution in [0.1, 0.15) is 28.2 Å². The predicted octanol–water partition coefficient (Wildman–Crippen LogP) is 4.19. The van der Waals surface area contributed by atoms with Crippen molar-refractivity contribution in [3.05, 3.63) is 101 Å². The molecule has 0 aliphatic rings. The van der Waals surface area contributed by atoms with Crippen molar-refractivity contribution in [3.8, 4) is 0 Å². The van der Waals surface area contributed by atoms with Gasteiger partial charge in [0.1, 0.15) is 0 Å². The second kappa shape index (κ2) is 9.00. The Hall–Kier alpha value is -3.40. The fourth-order valence-electron chi connectivity index (χ4n) is 3.12. The summed E-state index contributed by atoms with van der Waals surface area (Å²) in [4.78, 5) is 25.3. The van der Waals surface area contributed by atoms with Crippen molar-refractivity contribution in [2.45, 2.75) is 19.8 Å². The Morgan fingerprint density at radius 3 is 1.96 bits per heavy atom. The minimum atomic E-state index is -0.462.